The second kappa shape index (κ2) is 5.95. The fourth-order valence-electron chi connectivity index (χ4n) is 3.10. The summed E-state index contributed by atoms with van der Waals surface area (Å²) in [6.45, 7) is 4.31. The number of thioether (sulfide) groups is 1. The molecule has 1 saturated carbocycles. The fraction of sp³-hybridized carbons (Fsp3) is 0.846. The van der Waals surface area contributed by atoms with Crippen molar-refractivity contribution in [1.29, 1.82) is 0 Å². The molecule has 18 heavy (non-hydrogen) atoms. The summed E-state index contributed by atoms with van der Waals surface area (Å²) in [7, 11) is 0. The highest BCUT2D eigenvalue weighted by atomic mass is 32.2. The van der Waals surface area contributed by atoms with Crippen molar-refractivity contribution in [2.45, 2.75) is 56.9 Å². The van der Waals surface area contributed by atoms with Crippen LogP contribution in [0.2, 0.25) is 0 Å². The number of hydrogen-bond donors (Lipinski definition) is 1. The van der Waals surface area contributed by atoms with Crippen LogP contribution in [-0.2, 0) is 9.59 Å². The van der Waals surface area contributed by atoms with E-state index >= 15 is 0 Å². The predicted octanol–water partition coefficient (Wildman–Crippen LogP) is 1.40. The number of carbonyl (C=O) groups excluding carboxylic acids is 2. The Labute approximate surface area is 113 Å². The van der Waals surface area contributed by atoms with Gasteiger partial charge in [-0.1, -0.05) is 20.3 Å². The molecule has 0 bridgehead atoms. The van der Waals surface area contributed by atoms with E-state index in [9.17, 15) is 9.59 Å². The summed E-state index contributed by atoms with van der Waals surface area (Å²) in [4.78, 5) is 25.9. The summed E-state index contributed by atoms with van der Waals surface area (Å²) in [5, 5.41) is 3.21. The zero-order chi connectivity index (χ0) is 13.1. The van der Waals surface area contributed by atoms with Gasteiger partial charge in [0.25, 0.3) is 0 Å². The number of amides is 2. The molecule has 4 nitrogen and oxygen atoms in total. The second-order valence-corrected chi connectivity index (χ2v) is 6.45. The van der Waals surface area contributed by atoms with Crippen LogP contribution in [0, 0.1) is 0 Å². The summed E-state index contributed by atoms with van der Waals surface area (Å²) in [5.74, 6) is 1.19. The van der Waals surface area contributed by atoms with Gasteiger partial charge in [-0.15, -0.1) is 0 Å². The highest BCUT2D eigenvalue weighted by Crippen LogP contribution is 2.35. The van der Waals surface area contributed by atoms with Crippen LogP contribution in [0.4, 0.5) is 0 Å². The van der Waals surface area contributed by atoms with E-state index < -0.39 is 0 Å². The van der Waals surface area contributed by atoms with Gasteiger partial charge in [0.1, 0.15) is 6.04 Å². The SMILES string of the molecule is CCSC1CCCC1N1C(=O)CNC(=O)C1CC. The van der Waals surface area contributed by atoms with Crippen molar-refractivity contribution in [3.63, 3.8) is 0 Å². The predicted molar refractivity (Wildman–Crippen MR) is 73.5 cm³/mol. The standard InChI is InChI=1S/C13H22N2O2S/c1-3-9-13(17)14-8-12(16)15(9)10-6-5-7-11(10)18-4-2/h9-11H,3-8H2,1-2H3,(H,14,17). The summed E-state index contributed by atoms with van der Waals surface area (Å²) < 4.78 is 0. The molecule has 0 spiro atoms. The molecule has 0 aromatic rings. The average Bonchev–Trinajstić information content (AvgIpc) is 2.80. The lowest BCUT2D eigenvalue weighted by molar-refractivity contribution is -0.148. The van der Waals surface area contributed by atoms with Gasteiger partial charge in [-0.25, -0.2) is 0 Å². The Morgan fingerprint density at radius 1 is 1.33 bits per heavy atom. The van der Waals surface area contributed by atoms with Crippen molar-refractivity contribution in [3.8, 4) is 0 Å². The number of rotatable bonds is 4. The van der Waals surface area contributed by atoms with Crippen molar-refractivity contribution in [2.75, 3.05) is 12.3 Å². The zero-order valence-corrected chi connectivity index (χ0v) is 12.0. The maximum absolute atomic E-state index is 12.1. The van der Waals surface area contributed by atoms with Crippen molar-refractivity contribution in [1.82, 2.24) is 10.2 Å². The van der Waals surface area contributed by atoms with Crippen LogP contribution in [-0.4, -0.2) is 46.3 Å². The van der Waals surface area contributed by atoms with Crippen molar-refractivity contribution < 1.29 is 9.59 Å². The quantitative estimate of drug-likeness (QED) is 0.840. The zero-order valence-electron chi connectivity index (χ0n) is 11.1. The van der Waals surface area contributed by atoms with E-state index in [-0.39, 0.29) is 30.4 Å². The van der Waals surface area contributed by atoms with Crippen LogP contribution in [0.3, 0.4) is 0 Å². The molecule has 2 amide bonds. The van der Waals surface area contributed by atoms with E-state index in [1.807, 2.05) is 23.6 Å². The highest BCUT2D eigenvalue weighted by Gasteiger charge is 2.42. The lowest BCUT2D eigenvalue weighted by Crippen LogP contribution is -2.62. The molecule has 2 rings (SSSR count). The van der Waals surface area contributed by atoms with E-state index in [1.54, 1.807) is 0 Å². The van der Waals surface area contributed by atoms with E-state index in [0.717, 1.165) is 12.2 Å². The van der Waals surface area contributed by atoms with Gasteiger partial charge in [-0.3, -0.25) is 9.59 Å². The molecule has 0 aromatic carbocycles. The van der Waals surface area contributed by atoms with Crippen LogP contribution in [0.25, 0.3) is 0 Å². The van der Waals surface area contributed by atoms with Crippen molar-refractivity contribution >= 4 is 23.6 Å². The third kappa shape index (κ3) is 2.51. The van der Waals surface area contributed by atoms with Crippen LogP contribution in [0.1, 0.15) is 39.5 Å². The monoisotopic (exact) mass is 270 g/mol. The first-order valence-corrected chi connectivity index (χ1v) is 7.94. The molecule has 102 valence electrons. The molecule has 0 radical (unpaired) electrons. The fourth-order valence-corrected chi connectivity index (χ4v) is 4.35. The minimum Gasteiger partial charge on any atom is -0.345 e. The minimum absolute atomic E-state index is 0.0178. The van der Waals surface area contributed by atoms with Crippen molar-refractivity contribution in [2.24, 2.45) is 0 Å². The molecule has 1 aliphatic heterocycles. The minimum atomic E-state index is -0.255. The Kier molecular flexibility index (Phi) is 4.54. The molecule has 3 unspecified atom stereocenters. The largest absolute Gasteiger partial charge is 0.345 e. The molecule has 2 aliphatic rings. The third-order valence-electron chi connectivity index (χ3n) is 3.88. The van der Waals surface area contributed by atoms with Gasteiger partial charge in [0.15, 0.2) is 0 Å². The van der Waals surface area contributed by atoms with Gasteiger partial charge in [0, 0.05) is 11.3 Å². The summed E-state index contributed by atoms with van der Waals surface area (Å²) >= 11 is 1.93. The van der Waals surface area contributed by atoms with E-state index in [2.05, 4.69) is 12.2 Å². The molecular formula is C13H22N2O2S. The Balaban J connectivity index is 2.16. The van der Waals surface area contributed by atoms with Gasteiger partial charge in [0.2, 0.25) is 11.8 Å². The molecule has 0 aromatic heterocycles. The average molecular weight is 270 g/mol. The molecule has 3 atom stereocenters. The molecule has 5 heteroatoms. The van der Waals surface area contributed by atoms with Crippen LogP contribution in [0.5, 0.6) is 0 Å². The van der Waals surface area contributed by atoms with Gasteiger partial charge >= 0.3 is 0 Å². The highest BCUT2D eigenvalue weighted by molar-refractivity contribution is 7.99. The number of nitrogens with zero attached hydrogens (tertiary/aromatic N) is 1. The maximum Gasteiger partial charge on any atom is 0.243 e. The second-order valence-electron chi connectivity index (χ2n) is 4.93. The first kappa shape index (κ1) is 13.7. The Morgan fingerprint density at radius 3 is 2.78 bits per heavy atom. The Morgan fingerprint density at radius 2 is 2.11 bits per heavy atom. The van der Waals surface area contributed by atoms with Gasteiger partial charge in [0.05, 0.1) is 6.54 Å². The van der Waals surface area contributed by atoms with E-state index in [4.69, 9.17) is 0 Å². The van der Waals surface area contributed by atoms with Gasteiger partial charge < -0.3 is 10.2 Å². The molecule has 2 fully saturated rings. The normalized spacial score (nSPS) is 32.8. The number of carbonyl (C=O) groups is 2. The maximum atomic E-state index is 12.1. The Hall–Kier alpha value is -0.710. The van der Waals surface area contributed by atoms with Crippen LogP contribution >= 0.6 is 11.8 Å². The van der Waals surface area contributed by atoms with Crippen LogP contribution < -0.4 is 5.32 Å². The number of piperazine rings is 1. The van der Waals surface area contributed by atoms with E-state index in [0.29, 0.717) is 11.7 Å². The van der Waals surface area contributed by atoms with Gasteiger partial charge in [-0.2, -0.15) is 11.8 Å². The summed E-state index contributed by atoms with van der Waals surface area (Å²) in [5.41, 5.74) is 0. The summed E-state index contributed by atoms with van der Waals surface area (Å²) in [6, 6.07) is 0.00718. The molecule has 1 saturated heterocycles. The first-order valence-electron chi connectivity index (χ1n) is 6.89. The number of nitrogens with one attached hydrogen (secondary N) is 1. The topological polar surface area (TPSA) is 49.4 Å². The summed E-state index contributed by atoms with van der Waals surface area (Å²) in [6.07, 6.45) is 4.10. The van der Waals surface area contributed by atoms with E-state index in [1.165, 1.54) is 12.8 Å². The first-order chi connectivity index (χ1) is 8.69. The lowest BCUT2D eigenvalue weighted by atomic mass is 10.0. The Bertz CT molecular complexity index is 335. The molecule has 1 N–H and O–H groups in total. The number of hydrogen-bond acceptors (Lipinski definition) is 3. The smallest absolute Gasteiger partial charge is 0.243 e. The van der Waals surface area contributed by atoms with Crippen molar-refractivity contribution in [3.05, 3.63) is 0 Å². The lowest BCUT2D eigenvalue weighted by Gasteiger charge is -2.40. The molecule has 1 heterocycles. The van der Waals surface area contributed by atoms with Gasteiger partial charge in [-0.05, 0) is 25.0 Å². The third-order valence-corrected chi connectivity index (χ3v) is 5.19. The molecular weight excluding hydrogens is 248 g/mol. The molecule has 1 aliphatic carbocycles. The van der Waals surface area contributed by atoms with Crippen LogP contribution in [0.15, 0.2) is 0 Å².